The van der Waals surface area contributed by atoms with E-state index in [1.165, 1.54) is 4.90 Å². The topological polar surface area (TPSA) is 99.6 Å². The third-order valence-electron chi connectivity index (χ3n) is 10.8. The van der Waals surface area contributed by atoms with Gasteiger partial charge < -0.3 is 24.4 Å². The van der Waals surface area contributed by atoms with Crippen LogP contribution in [0.2, 0.25) is 0 Å². The Balaban J connectivity index is 1.34. The van der Waals surface area contributed by atoms with Gasteiger partial charge in [0.1, 0.15) is 16.9 Å². The number of methoxy groups -OCH3 is 1. The maximum atomic E-state index is 14.4. The lowest BCUT2D eigenvalue weighted by atomic mass is 9.46. The third-order valence-corrected chi connectivity index (χ3v) is 10.8. The number of nitrogens with zero attached hydrogens (tertiary/aromatic N) is 3. The fourth-order valence-corrected chi connectivity index (χ4v) is 8.41. The standard InChI is InChI=1S/C32H43N3O6/c1-29(2,3)41-28(38)33-14-13-30-19-31(26(36)34(17-20-5-6-20)27(37)35(31)18-21-7-8-21)11-12-32(30,39)25(33)15-22-9-10-23(40-4)16-24(22)30/h9-10,16,20-21,25,39H,5-8,11-15,17-19H2,1-4H3. The normalized spacial score (nSPS) is 34.6. The maximum absolute atomic E-state index is 14.4. The van der Waals surface area contributed by atoms with Crippen LogP contribution in [0.1, 0.15) is 83.3 Å². The number of imide groups is 1. The van der Waals surface area contributed by atoms with Crippen molar-refractivity contribution in [2.24, 2.45) is 11.8 Å². The Kier molecular flexibility index (Phi) is 5.84. The minimum absolute atomic E-state index is 0.0902. The highest BCUT2D eigenvalue weighted by Gasteiger charge is 2.72. The molecule has 4 aliphatic carbocycles. The van der Waals surface area contributed by atoms with Gasteiger partial charge in [-0.25, -0.2) is 9.59 Å². The van der Waals surface area contributed by atoms with E-state index in [2.05, 4.69) is 0 Å². The Morgan fingerprint density at radius 2 is 1.76 bits per heavy atom. The van der Waals surface area contributed by atoms with Crippen LogP contribution in [0.3, 0.4) is 0 Å². The average molecular weight is 566 g/mol. The molecule has 2 aliphatic heterocycles. The number of carbonyl (C=O) groups excluding carboxylic acids is 3. The molecule has 1 aromatic rings. The molecule has 1 aromatic carbocycles. The Morgan fingerprint density at radius 3 is 2.41 bits per heavy atom. The number of urea groups is 1. The lowest BCUT2D eigenvalue weighted by Gasteiger charge is -2.66. The number of amides is 4. The molecule has 7 rings (SSSR count). The molecule has 1 N–H and O–H groups in total. The van der Waals surface area contributed by atoms with Crippen LogP contribution in [0.5, 0.6) is 5.75 Å². The second kappa shape index (κ2) is 8.85. The first kappa shape index (κ1) is 27.0. The van der Waals surface area contributed by atoms with Crippen LogP contribution in [0.25, 0.3) is 0 Å². The van der Waals surface area contributed by atoms with Gasteiger partial charge in [-0.3, -0.25) is 9.69 Å². The molecule has 4 amide bonds. The van der Waals surface area contributed by atoms with E-state index in [4.69, 9.17) is 9.47 Å². The van der Waals surface area contributed by atoms with Gasteiger partial charge in [0.25, 0.3) is 5.91 Å². The Hall–Kier alpha value is -2.81. The second-order valence-electron chi connectivity index (χ2n) is 14.6. The zero-order chi connectivity index (χ0) is 28.9. The van der Waals surface area contributed by atoms with Crippen LogP contribution in [-0.4, -0.2) is 87.4 Å². The van der Waals surface area contributed by atoms with Crippen LogP contribution >= 0.6 is 0 Å². The number of carbonyl (C=O) groups is 3. The molecular weight excluding hydrogens is 522 g/mol. The molecule has 6 aliphatic rings. The van der Waals surface area contributed by atoms with E-state index in [1.54, 1.807) is 12.0 Å². The quantitative estimate of drug-likeness (QED) is 0.537. The molecule has 3 saturated carbocycles. The van der Waals surface area contributed by atoms with Gasteiger partial charge >= 0.3 is 12.1 Å². The zero-order valence-electron chi connectivity index (χ0n) is 24.8. The van der Waals surface area contributed by atoms with Crippen LogP contribution in [0.15, 0.2) is 18.2 Å². The first-order chi connectivity index (χ1) is 19.4. The summed E-state index contributed by atoms with van der Waals surface area (Å²) in [5.74, 6) is 1.45. The average Bonchev–Trinajstić information content (AvgIpc) is 3.84. The predicted molar refractivity (Wildman–Crippen MR) is 151 cm³/mol. The van der Waals surface area contributed by atoms with Gasteiger partial charge in [0.05, 0.1) is 18.8 Å². The minimum atomic E-state index is -1.27. The van der Waals surface area contributed by atoms with Crippen molar-refractivity contribution in [1.82, 2.24) is 14.7 Å². The number of aliphatic hydroxyl groups is 1. The number of fused-ring (bicyclic) bond motifs is 1. The predicted octanol–water partition coefficient (Wildman–Crippen LogP) is 4.24. The highest BCUT2D eigenvalue weighted by atomic mass is 16.6. The second-order valence-corrected chi connectivity index (χ2v) is 14.6. The molecule has 9 nitrogen and oxygen atoms in total. The van der Waals surface area contributed by atoms with Crippen LogP contribution in [0, 0.1) is 11.8 Å². The van der Waals surface area contributed by atoms with Crippen molar-refractivity contribution in [1.29, 1.82) is 0 Å². The molecule has 2 heterocycles. The van der Waals surface area contributed by atoms with Gasteiger partial charge in [-0.05, 0) is 114 Å². The molecule has 5 fully saturated rings. The highest BCUT2D eigenvalue weighted by Crippen LogP contribution is 2.63. The minimum Gasteiger partial charge on any atom is -0.497 e. The first-order valence-electron chi connectivity index (χ1n) is 15.4. The van der Waals surface area contributed by atoms with Gasteiger partial charge in [-0.2, -0.15) is 0 Å². The summed E-state index contributed by atoms with van der Waals surface area (Å²) in [5.41, 5.74) is -1.70. The summed E-state index contributed by atoms with van der Waals surface area (Å²) in [5, 5.41) is 12.9. The fourth-order valence-electron chi connectivity index (χ4n) is 8.41. The zero-order valence-corrected chi connectivity index (χ0v) is 24.8. The molecule has 222 valence electrons. The smallest absolute Gasteiger partial charge is 0.410 e. The Morgan fingerprint density at radius 1 is 1.05 bits per heavy atom. The van der Waals surface area contributed by atoms with Crippen molar-refractivity contribution in [2.75, 3.05) is 26.7 Å². The van der Waals surface area contributed by atoms with E-state index in [1.807, 2.05) is 43.9 Å². The van der Waals surface area contributed by atoms with Crippen LogP contribution in [0.4, 0.5) is 9.59 Å². The van der Waals surface area contributed by atoms with E-state index < -0.39 is 34.3 Å². The number of benzene rings is 1. The number of hydrogen-bond acceptors (Lipinski definition) is 6. The summed E-state index contributed by atoms with van der Waals surface area (Å²) < 4.78 is 11.4. The van der Waals surface area contributed by atoms with Gasteiger partial charge in [0.15, 0.2) is 0 Å². The number of rotatable bonds is 5. The molecule has 0 aromatic heterocycles. The summed E-state index contributed by atoms with van der Waals surface area (Å²) in [7, 11) is 1.64. The third kappa shape index (κ3) is 4.01. The Labute approximate surface area is 242 Å². The van der Waals surface area contributed by atoms with E-state index >= 15 is 0 Å². The number of piperidine rings is 1. The Bertz CT molecular complexity index is 1300. The largest absolute Gasteiger partial charge is 0.497 e. The van der Waals surface area contributed by atoms with E-state index in [0.29, 0.717) is 69.3 Å². The monoisotopic (exact) mass is 565 g/mol. The SMILES string of the molecule is COc1ccc2c(c1)C13CCN(C(=O)OC(C)(C)C)C(C2)C1(O)CCC1(C3)C(=O)N(CC2CC2)C(=O)N1CC1CC1. The molecular formula is C32H43N3O6. The lowest BCUT2D eigenvalue weighted by Crippen LogP contribution is -2.77. The molecule has 9 heteroatoms. The summed E-state index contributed by atoms with van der Waals surface area (Å²) in [6.07, 6.45) is 5.91. The van der Waals surface area contributed by atoms with Gasteiger partial charge in [0, 0.05) is 25.0 Å². The van der Waals surface area contributed by atoms with Crippen molar-refractivity contribution in [3.05, 3.63) is 29.3 Å². The maximum Gasteiger partial charge on any atom is 0.410 e. The summed E-state index contributed by atoms with van der Waals surface area (Å²) in [6, 6.07) is 5.34. The summed E-state index contributed by atoms with van der Waals surface area (Å²) in [4.78, 5) is 47.0. The van der Waals surface area contributed by atoms with Crippen molar-refractivity contribution < 1.29 is 29.0 Å². The molecule has 2 bridgehead atoms. The van der Waals surface area contributed by atoms with Crippen LogP contribution < -0.4 is 4.74 Å². The molecule has 4 unspecified atom stereocenters. The molecule has 4 atom stereocenters. The van der Waals surface area contributed by atoms with Gasteiger partial charge in [0.2, 0.25) is 0 Å². The molecule has 2 saturated heterocycles. The van der Waals surface area contributed by atoms with E-state index in [9.17, 15) is 19.5 Å². The first-order valence-corrected chi connectivity index (χ1v) is 15.4. The van der Waals surface area contributed by atoms with Crippen molar-refractivity contribution >= 4 is 18.0 Å². The molecule has 0 radical (unpaired) electrons. The number of likely N-dealkylation sites (tertiary alicyclic amines) is 1. The number of ether oxygens (including phenoxy) is 2. The fraction of sp³-hybridized carbons (Fsp3) is 0.719. The highest BCUT2D eigenvalue weighted by molar-refractivity contribution is 6.07. The van der Waals surface area contributed by atoms with Crippen molar-refractivity contribution in [3.63, 3.8) is 0 Å². The van der Waals surface area contributed by atoms with Gasteiger partial charge in [-0.1, -0.05) is 6.07 Å². The summed E-state index contributed by atoms with van der Waals surface area (Å²) in [6.45, 7) is 7.06. The van der Waals surface area contributed by atoms with Crippen LogP contribution in [-0.2, 0) is 21.4 Å². The van der Waals surface area contributed by atoms with Gasteiger partial charge in [-0.15, -0.1) is 0 Å². The summed E-state index contributed by atoms with van der Waals surface area (Å²) >= 11 is 0. The molecule has 1 spiro atoms. The van der Waals surface area contributed by atoms with Crippen molar-refractivity contribution in [3.8, 4) is 5.75 Å². The molecule has 41 heavy (non-hydrogen) atoms. The van der Waals surface area contributed by atoms with Crippen molar-refractivity contribution in [2.45, 2.75) is 107 Å². The van der Waals surface area contributed by atoms with E-state index in [-0.39, 0.29) is 11.9 Å². The lowest BCUT2D eigenvalue weighted by molar-refractivity contribution is -0.185. The van der Waals surface area contributed by atoms with E-state index in [0.717, 1.165) is 36.8 Å². The number of hydrogen-bond donors (Lipinski definition) is 1.